The zero-order valence-corrected chi connectivity index (χ0v) is 31.8. The summed E-state index contributed by atoms with van der Waals surface area (Å²) in [6, 6.07) is 9.19. The third-order valence-corrected chi connectivity index (χ3v) is 12.9. The molecule has 5 rings (SSSR count). The summed E-state index contributed by atoms with van der Waals surface area (Å²) in [5.74, 6) is 3.37. The molecule has 2 aliphatic carbocycles. The number of allylic oxidation sites excluding steroid dienone is 2. The molecule has 5 atom stereocenters. The van der Waals surface area contributed by atoms with Crippen LogP contribution in [0, 0.1) is 17.3 Å². The molecule has 2 aromatic rings. The molecule has 51 heavy (non-hydrogen) atoms. The van der Waals surface area contributed by atoms with Gasteiger partial charge in [0.15, 0.2) is 41.0 Å². The smallest absolute Gasteiger partial charge is 0.196 e. The van der Waals surface area contributed by atoms with Crippen LogP contribution in [0.15, 0.2) is 47.5 Å². The van der Waals surface area contributed by atoms with Gasteiger partial charge in [-0.25, -0.2) is 0 Å². The van der Waals surface area contributed by atoms with Crippen LogP contribution >= 0.6 is 21.6 Å². The molecule has 0 radical (unpaired) electrons. The van der Waals surface area contributed by atoms with E-state index in [2.05, 4.69) is 20.9 Å². The summed E-state index contributed by atoms with van der Waals surface area (Å²) in [6.45, 7) is 0.585. The van der Waals surface area contributed by atoms with E-state index < -0.39 is 17.3 Å². The normalized spacial score (nSPS) is 27.3. The second-order valence-corrected chi connectivity index (χ2v) is 16.5. The lowest BCUT2D eigenvalue weighted by Gasteiger charge is -2.33. The summed E-state index contributed by atoms with van der Waals surface area (Å²) < 4.78 is 17.3. The van der Waals surface area contributed by atoms with Gasteiger partial charge in [-0.15, -0.1) is 0 Å². The van der Waals surface area contributed by atoms with E-state index in [1.54, 1.807) is 40.8 Å². The molecule has 6 N–H and O–H groups in total. The number of methoxy groups -OCH3 is 2. The maximum absolute atomic E-state index is 14.2. The number of phenolic OH excluding ortho intramolecular Hbond substituents is 2. The van der Waals surface area contributed by atoms with Crippen LogP contribution in [-0.4, -0.2) is 85.4 Å². The summed E-state index contributed by atoms with van der Waals surface area (Å²) in [4.78, 5) is 18.7. The van der Waals surface area contributed by atoms with Crippen molar-refractivity contribution in [2.24, 2.45) is 22.2 Å². The fraction of sp³-hybridized carbons (Fsp3) is 0.579. The summed E-state index contributed by atoms with van der Waals surface area (Å²) in [5, 5.41) is 41.8. The van der Waals surface area contributed by atoms with Crippen molar-refractivity contribution in [2.45, 2.75) is 76.1 Å². The Bertz CT molecular complexity index is 1560. The van der Waals surface area contributed by atoms with E-state index >= 15 is 0 Å². The first-order valence-electron chi connectivity index (χ1n) is 17.8. The molecular formula is C38H54N4O7S2. The maximum Gasteiger partial charge on any atom is 0.196 e. The SMILES string of the molecule is CN=C1NCSSC[C@H]2CCC[C@]2(Cc2ccc(O)c(OC)c2)C(=O)C=CCCc2cc(c(O)c(O[C@@]3(CNC)CC[C@@H](C[C@H](O)OC)C3)c2)N1. The number of carbonyl (C=O) groups excluding carboxylic acids is 1. The number of nitrogens with zero attached hydrogens (tertiary/aromatic N) is 1. The largest absolute Gasteiger partial charge is 0.504 e. The van der Waals surface area contributed by atoms with E-state index in [1.165, 1.54) is 14.2 Å². The maximum atomic E-state index is 14.2. The highest BCUT2D eigenvalue weighted by Gasteiger charge is 2.47. The number of benzene rings is 2. The molecular weight excluding hydrogens is 689 g/mol. The van der Waals surface area contributed by atoms with Crippen LogP contribution in [0.2, 0.25) is 0 Å². The van der Waals surface area contributed by atoms with Crippen molar-refractivity contribution < 1.29 is 34.3 Å². The average Bonchev–Trinajstić information content (AvgIpc) is 3.71. The number of nitrogens with one attached hydrogen (secondary N) is 3. The van der Waals surface area contributed by atoms with Gasteiger partial charge in [0.2, 0.25) is 0 Å². The predicted molar refractivity (Wildman–Crippen MR) is 206 cm³/mol. The van der Waals surface area contributed by atoms with Crippen LogP contribution in [0.1, 0.15) is 62.5 Å². The number of aryl methyl sites for hydroxylation is 1. The average molecular weight is 743 g/mol. The lowest BCUT2D eigenvalue weighted by atomic mass is 9.70. The second kappa shape index (κ2) is 18.1. The lowest BCUT2D eigenvalue weighted by molar-refractivity contribution is -0.125. The van der Waals surface area contributed by atoms with Crippen LogP contribution in [0.4, 0.5) is 5.69 Å². The molecule has 0 amide bonds. The van der Waals surface area contributed by atoms with Gasteiger partial charge < -0.3 is 45.5 Å². The van der Waals surface area contributed by atoms with E-state index in [-0.39, 0.29) is 29.1 Å². The quantitative estimate of drug-likeness (QED) is 0.0958. The number of carbonyl (C=O) groups is 1. The Morgan fingerprint density at radius 2 is 1.96 bits per heavy atom. The van der Waals surface area contributed by atoms with Gasteiger partial charge in [0.1, 0.15) is 5.60 Å². The summed E-state index contributed by atoms with van der Waals surface area (Å²) >= 11 is 0. The van der Waals surface area contributed by atoms with Crippen LogP contribution in [-0.2, 0) is 22.4 Å². The van der Waals surface area contributed by atoms with Crippen molar-refractivity contribution in [3.05, 3.63) is 53.6 Å². The zero-order chi connectivity index (χ0) is 36.4. The number of ether oxygens (including phenoxy) is 3. The zero-order valence-electron chi connectivity index (χ0n) is 30.2. The highest BCUT2D eigenvalue weighted by Crippen LogP contribution is 2.50. The number of fused-ring (bicyclic) bond motifs is 3. The molecule has 2 aromatic carbocycles. The fourth-order valence-electron chi connectivity index (χ4n) is 8.02. The molecule has 0 aromatic heterocycles. The number of guanidine groups is 1. The van der Waals surface area contributed by atoms with Crippen LogP contribution in [0.25, 0.3) is 0 Å². The second-order valence-electron chi connectivity index (χ2n) is 14.0. The molecule has 3 aliphatic rings. The van der Waals surface area contributed by atoms with Crippen LogP contribution in [0.5, 0.6) is 23.0 Å². The summed E-state index contributed by atoms with van der Waals surface area (Å²) in [7, 11) is 10.1. The number of ketones is 1. The molecule has 1 aliphatic heterocycles. The minimum absolute atomic E-state index is 0.00356. The molecule has 2 bridgehead atoms. The molecule has 0 saturated heterocycles. The number of anilines is 1. The van der Waals surface area contributed by atoms with Crippen molar-refractivity contribution >= 4 is 39.0 Å². The van der Waals surface area contributed by atoms with Crippen molar-refractivity contribution in [1.82, 2.24) is 10.6 Å². The molecule has 280 valence electrons. The number of hydrogen-bond acceptors (Lipinski definition) is 11. The van der Waals surface area contributed by atoms with Gasteiger partial charge >= 0.3 is 0 Å². The van der Waals surface area contributed by atoms with Gasteiger partial charge in [-0.2, -0.15) is 0 Å². The van der Waals surface area contributed by atoms with Crippen molar-refractivity contribution in [1.29, 1.82) is 0 Å². The number of phenols is 2. The van der Waals surface area contributed by atoms with Gasteiger partial charge in [-0.3, -0.25) is 9.79 Å². The number of aliphatic imine (C=N–C) groups is 1. The van der Waals surface area contributed by atoms with Crippen molar-refractivity contribution in [2.75, 3.05) is 51.8 Å². The number of rotatable bonds is 10. The first-order chi connectivity index (χ1) is 24.6. The highest BCUT2D eigenvalue weighted by molar-refractivity contribution is 8.76. The molecule has 0 spiro atoms. The Hall–Kier alpha value is -3.10. The van der Waals surface area contributed by atoms with E-state index in [0.717, 1.165) is 49.0 Å². The molecule has 13 heteroatoms. The number of aliphatic hydroxyl groups is 1. The number of likely N-dealkylation sites (N-methyl/N-ethyl adjacent to an activating group) is 1. The van der Waals surface area contributed by atoms with Crippen molar-refractivity contribution in [3.8, 4) is 23.0 Å². The molecule has 11 nitrogen and oxygen atoms in total. The molecule has 1 heterocycles. The Labute approximate surface area is 309 Å². The molecule has 0 unspecified atom stereocenters. The molecule has 2 saturated carbocycles. The fourth-order valence-corrected chi connectivity index (χ4v) is 10.3. The monoisotopic (exact) mass is 742 g/mol. The number of hydrogen-bond donors (Lipinski definition) is 6. The van der Waals surface area contributed by atoms with E-state index in [4.69, 9.17) is 14.2 Å². The van der Waals surface area contributed by atoms with Gasteiger partial charge in [-0.05, 0) is 112 Å². The Morgan fingerprint density at radius 3 is 2.73 bits per heavy atom. The minimum atomic E-state index is -0.820. The van der Waals surface area contributed by atoms with Gasteiger partial charge in [0.05, 0.1) is 18.7 Å². The van der Waals surface area contributed by atoms with Crippen molar-refractivity contribution in [3.63, 3.8) is 0 Å². The van der Waals surface area contributed by atoms with E-state index in [0.29, 0.717) is 67.7 Å². The third-order valence-electron chi connectivity index (χ3n) is 10.6. The Balaban J connectivity index is 1.42. The molecule has 2 fully saturated rings. The third kappa shape index (κ3) is 9.67. The summed E-state index contributed by atoms with van der Waals surface area (Å²) in [6.07, 6.45) is 10.4. The van der Waals surface area contributed by atoms with Crippen LogP contribution in [0.3, 0.4) is 0 Å². The topological polar surface area (TPSA) is 154 Å². The van der Waals surface area contributed by atoms with E-state index in [9.17, 15) is 20.1 Å². The van der Waals surface area contributed by atoms with Gasteiger partial charge in [0.25, 0.3) is 0 Å². The van der Waals surface area contributed by atoms with E-state index in [1.807, 2.05) is 37.4 Å². The predicted octanol–water partition coefficient (Wildman–Crippen LogP) is 6.03. The minimum Gasteiger partial charge on any atom is -0.504 e. The number of aromatic hydroxyl groups is 2. The highest BCUT2D eigenvalue weighted by atomic mass is 33.1. The first-order valence-corrected chi connectivity index (χ1v) is 20.3. The van der Waals surface area contributed by atoms with Crippen LogP contribution < -0.4 is 25.4 Å². The lowest BCUT2D eigenvalue weighted by Crippen LogP contribution is -2.43. The first kappa shape index (κ1) is 39.1. The summed E-state index contributed by atoms with van der Waals surface area (Å²) in [5.41, 5.74) is 1.29. The van der Waals surface area contributed by atoms with Gasteiger partial charge in [0, 0.05) is 38.3 Å². The standard InChI is InChI=1S/C38H54N4O7S2/c1-39-23-37(15-13-27(20-37)19-34(45)48-4)49-32-17-25-8-5-6-10-33(44)38(21-26-11-12-30(43)31(18-26)47-3)14-7-9-28(38)22-50-51-24-41-36(40-2)42-29(16-25)35(32)46/h6,10-12,16-18,27-28,34,39,43,45-46H,5,7-9,13-15,19-24H2,1-4H3,(H2,40,41,42)/t27-,28+,34+,37-,38+/m0/s1. The van der Waals surface area contributed by atoms with Gasteiger partial charge in [-0.1, -0.05) is 40.2 Å². The Morgan fingerprint density at radius 1 is 1.12 bits per heavy atom. The Kier molecular flexibility index (Phi) is 13.9. The number of aliphatic hydroxyl groups excluding tert-OH is 1.